The van der Waals surface area contributed by atoms with Gasteiger partial charge in [-0.25, -0.2) is 4.90 Å². The number of nitrogens with one attached hydrogen (secondary N) is 1. The third kappa shape index (κ3) is 3.65. The molecular formula is C22H26N3O4+. The zero-order valence-electron chi connectivity index (χ0n) is 16.8. The summed E-state index contributed by atoms with van der Waals surface area (Å²) < 4.78 is 10.6. The van der Waals surface area contributed by atoms with Gasteiger partial charge in [0.25, 0.3) is 5.91 Å². The van der Waals surface area contributed by atoms with Crippen molar-refractivity contribution in [1.82, 2.24) is 0 Å². The van der Waals surface area contributed by atoms with Crippen LogP contribution in [0.5, 0.6) is 11.5 Å². The number of hydrogen-bond donors (Lipinski definition) is 1. The monoisotopic (exact) mass is 396 g/mol. The summed E-state index contributed by atoms with van der Waals surface area (Å²) in [6, 6.07) is 15.1. The molecule has 2 aliphatic heterocycles. The van der Waals surface area contributed by atoms with Crippen LogP contribution < -0.4 is 24.2 Å². The molecule has 0 saturated carbocycles. The number of imide groups is 1. The van der Waals surface area contributed by atoms with Crippen LogP contribution in [0.1, 0.15) is 6.42 Å². The Bertz CT molecular complexity index is 894. The second kappa shape index (κ2) is 8.13. The van der Waals surface area contributed by atoms with Crippen LogP contribution in [-0.2, 0) is 9.59 Å². The van der Waals surface area contributed by atoms with Crippen LogP contribution in [0.2, 0.25) is 0 Å². The predicted molar refractivity (Wildman–Crippen MR) is 110 cm³/mol. The zero-order valence-corrected chi connectivity index (χ0v) is 16.8. The molecule has 0 spiro atoms. The smallest absolute Gasteiger partial charge is 0.292 e. The number of quaternary nitrogens is 1. The maximum atomic E-state index is 13.2. The standard InChI is InChI=1S/C22H25N3O4/c1-28-17-8-9-18(20(14-17)29-2)25-21(26)15-19(22(25)27)24-12-10-23(11-13-24)16-6-4-3-5-7-16/h3-9,14,19H,10-13,15H2,1-2H3/p+1/t19-/m1/s1. The lowest BCUT2D eigenvalue weighted by molar-refractivity contribution is -0.915. The molecule has 2 aliphatic rings. The molecule has 2 saturated heterocycles. The Labute approximate surface area is 170 Å². The fourth-order valence-corrected chi connectivity index (χ4v) is 4.21. The van der Waals surface area contributed by atoms with Gasteiger partial charge < -0.3 is 19.3 Å². The van der Waals surface area contributed by atoms with Gasteiger partial charge in [-0.2, -0.15) is 0 Å². The number of piperazine rings is 1. The Morgan fingerprint density at radius 3 is 2.34 bits per heavy atom. The van der Waals surface area contributed by atoms with Crippen molar-refractivity contribution in [2.24, 2.45) is 0 Å². The average Bonchev–Trinajstić information content (AvgIpc) is 3.07. The number of ether oxygens (including phenoxy) is 2. The van der Waals surface area contributed by atoms with Gasteiger partial charge >= 0.3 is 0 Å². The van der Waals surface area contributed by atoms with E-state index in [0.717, 1.165) is 26.2 Å². The molecule has 2 heterocycles. The Balaban J connectivity index is 1.48. The first-order chi connectivity index (χ1) is 14.1. The number of carbonyl (C=O) groups is 2. The van der Waals surface area contributed by atoms with Crippen LogP contribution in [0.25, 0.3) is 0 Å². The van der Waals surface area contributed by atoms with Crippen LogP contribution in [0.3, 0.4) is 0 Å². The number of rotatable bonds is 5. The van der Waals surface area contributed by atoms with Gasteiger partial charge in [0.05, 0.1) is 52.5 Å². The third-order valence-corrected chi connectivity index (χ3v) is 5.79. The number of para-hydroxylation sites is 1. The number of benzene rings is 2. The fourth-order valence-electron chi connectivity index (χ4n) is 4.21. The lowest BCUT2D eigenvalue weighted by Gasteiger charge is -2.35. The van der Waals surface area contributed by atoms with Gasteiger partial charge in [0, 0.05) is 11.8 Å². The molecule has 0 aliphatic carbocycles. The topological polar surface area (TPSA) is 63.5 Å². The van der Waals surface area contributed by atoms with Crippen LogP contribution in [0, 0.1) is 0 Å². The van der Waals surface area contributed by atoms with E-state index in [-0.39, 0.29) is 24.3 Å². The fraction of sp³-hybridized carbons (Fsp3) is 0.364. The molecule has 4 rings (SSSR count). The maximum absolute atomic E-state index is 13.2. The lowest BCUT2D eigenvalue weighted by Crippen LogP contribution is -3.19. The maximum Gasteiger partial charge on any atom is 0.292 e. The van der Waals surface area contributed by atoms with Crippen LogP contribution >= 0.6 is 0 Å². The van der Waals surface area contributed by atoms with E-state index in [9.17, 15) is 9.59 Å². The van der Waals surface area contributed by atoms with Gasteiger partial charge in [0.15, 0.2) is 6.04 Å². The molecule has 1 N–H and O–H groups in total. The zero-order chi connectivity index (χ0) is 20.4. The SMILES string of the molecule is COc1ccc(N2C(=O)C[C@@H]([NH+]3CCN(c4ccccc4)CC3)C2=O)c(OC)c1. The number of carbonyl (C=O) groups excluding carboxylic acids is 2. The van der Waals surface area contributed by atoms with Crippen molar-refractivity contribution in [2.75, 3.05) is 50.2 Å². The Morgan fingerprint density at radius 1 is 0.966 bits per heavy atom. The average molecular weight is 396 g/mol. The van der Waals surface area contributed by atoms with Crippen molar-refractivity contribution in [1.29, 1.82) is 0 Å². The highest BCUT2D eigenvalue weighted by Gasteiger charge is 2.47. The van der Waals surface area contributed by atoms with Crippen LogP contribution in [0.4, 0.5) is 11.4 Å². The second-order valence-corrected chi connectivity index (χ2v) is 7.34. The van der Waals surface area contributed by atoms with Gasteiger partial charge in [-0.05, 0) is 24.3 Å². The molecule has 2 aromatic carbocycles. The lowest BCUT2D eigenvalue weighted by atomic mass is 10.1. The quantitative estimate of drug-likeness (QED) is 0.756. The highest BCUT2D eigenvalue weighted by atomic mass is 16.5. The van der Waals surface area contributed by atoms with Gasteiger partial charge in [0.1, 0.15) is 11.5 Å². The first-order valence-electron chi connectivity index (χ1n) is 9.85. The van der Waals surface area contributed by atoms with Crippen LogP contribution in [-0.4, -0.2) is 58.3 Å². The molecule has 29 heavy (non-hydrogen) atoms. The third-order valence-electron chi connectivity index (χ3n) is 5.79. The summed E-state index contributed by atoms with van der Waals surface area (Å²) in [6.45, 7) is 3.38. The Morgan fingerprint density at radius 2 is 1.69 bits per heavy atom. The molecule has 0 unspecified atom stereocenters. The molecule has 0 radical (unpaired) electrons. The summed E-state index contributed by atoms with van der Waals surface area (Å²) in [5.74, 6) is 0.739. The molecular weight excluding hydrogens is 370 g/mol. The normalized spacial score (nSPS) is 20.3. The predicted octanol–water partition coefficient (Wildman–Crippen LogP) is 0.741. The van der Waals surface area contributed by atoms with Gasteiger partial charge in [-0.3, -0.25) is 9.59 Å². The highest BCUT2D eigenvalue weighted by Crippen LogP contribution is 2.34. The number of methoxy groups -OCH3 is 2. The van der Waals surface area contributed by atoms with Gasteiger partial charge in [-0.15, -0.1) is 0 Å². The number of anilines is 2. The molecule has 0 aromatic heterocycles. The number of amides is 2. The van der Waals surface area contributed by atoms with Crippen LogP contribution in [0.15, 0.2) is 48.5 Å². The molecule has 2 fully saturated rings. The molecule has 7 nitrogen and oxygen atoms in total. The molecule has 0 bridgehead atoms. The number of nitrogens with zero attached hydrogens (tertiary/aromatic N) is 2. The second-order valence-electron chi connectivity index (χ2n) is 7.34. The number of hydrogen-bond acceptors (Lipinski definition) is 5. The first-order valence-corrected chi connectivity index (χ1v) is 9.85. The minimum atomic E-state index is -0.341. The summed E-state index contributed by atoms with van der Waals surface area (Å²) in [6.07, 6.45) is 0.231. The van der Waals surface area contributed by atoms with E-state index in [0.29, 0.717) is 17.2 Å². The van der Waals surface area contributed by atoms with E-state index in [1.807, 2.05) is 18.2 Å². The Hall–Kier alpha value is -3.06. The largest absolute Gasteiger partial charge is 0.497 e. The summed E-state index contributed by atoms with van der Waals surface area (Å²) in [4.78, 5) is 30.7. The Kier molecular flexibility index (Phi) is 5.40. The highest BCUT2D eigenvalue weighted by molar-refractivity contribution is 6.22. The first kappa shape index (κ1) is 19.3. The van der Waals surface area contributed by atoms with E-state index >= 15 is 0 Å². The summed E-state index contributed by atoms with van der Waals surface area (Å²) in [5, 5.41) is 0. The molecule has 7 heteroatoms. The van der Waals surface area contributed by atoms with Crippen molar-refractivity contribution >= 4 is 23.2 Å². The van der Waals surface area contributed by atoms with Gasteiger partial charge in [0.2, 0.25) is 5.91 Å². The van der Waals surface area contributed by atoms with Gasteiger partial charge in [-0.1, -0.05) is 18.2 Å². The van der Waals surface area contributed by atoms with Crippen molar-refractivity contribution in [3.05, 3.63) is 48.5 Å². The summed E-state index contributed by atoms with van der Waals surface area (Å²) in [5.41, 5.74) is 1.68. The molecule has 2 amide bonds. The van der Waals surface area contributed by atoms with Crippen molar-refractivity contribution < 1.29 is 24.0 Å². The van der Waals surface area contributed by atoms with E-state index in [2.05, 4.69) is 17.0 Å². The van der Waals surface area contributed by atoms with E-state index in [4.69, 9.17) is 9.47 Å². The molecule has 152 valence electrons. The summed E-state index contributed by atoms with van der Waals surface area (Å²) in [7, 11) is 3.09. The van der Waals surface area contributed by atoms with E-state index in [1.165, 1.54) is 22.6 Å². The molecule has 1 atom stereocenters. The minimum Gasteiger partial charge on any atom is -0.497 e. The van der Waals surface area contributed by atoms with Crippen molar-refractivity contribution in [2.45, 2.75) is 12.5 Å². The van der Waals surface area contributed by atoms with Crippen molar-refractivity contribution in [3.8, 4) is 11.5 Å². The summed E-state index contributed by atoms with van der Waals surface area (Å²) >= 11 is 0. The van der Waals surface area contributed by atoms with Crippen molar-refractivity contribution in [3.63, 3.8) is 0 Å². The minimum absolute atomic E-state index is 0.151. The molecule has 2 aromatic rings. The van der Waals surface area contributed by atoms with E-state index < -0.39 is 0 Å². The van der Waals surface area contributed by atoms with E-state index in [1.54, 1.807) is 25.3 Å².